The fourth-order valence-electron chi connectivity index (χ4n) is 3.98. The third kappa shape index (κ3) is 2.39. The number of hydrogen-bond donors (Lipinski definition) is 2. The van der Waals surface area contributed by atoms with Gasteiger partial charge in [-0.25, -0.2) is 0 Å². The molecule has 1 aromatic carbocycles. The van der Waals surface area contributed by atoms with E-state index in [1.54, 1.807) is 0 Å². The molecule has 0 unspecified atom stereocenters. The van der Waals surface area contributed by atoms with Crippen molar-refractivity contribution in [1.29, 1.82) is 0 Å². The summed E-state index contributed by atoms with van der Waals surface area (Å²) < 4.78 is 5.38. The Kier molecular flexibility index (Phi) is 3.48. The summed E-state index contributed by atoms with van der Waals surface area (Å²) >= 11 is 0. The van der Waals surface area contributed by atoms with Crippen molar-refractivity contribution >= 4 is 11.9 Å². The first-order valence-corrected chi connectivity index (χ1v) is 7.59. The first-order chi connectivity index (χ1) is 10.3. The maximum Gasteiger partial charge on any atom is 0.324 e. The highest BCUT2D eigenvalue weighted by atomic mass is 16.5. The molecule has 2 saturated carbocycles. The minimum atomic E-state index is -1.26. The van der Waals surface area contributed by atoms with Crippen LogP contribution >= 0.6 is 0 Å². The molecule has 3 N–H and O–H groups in total. The van der Waals surface area contributed by atoms with Crippen LogP contribution in [0.15, 0.2) is 18.2 Å². The normalized spacial score (nSPS) is 32.4. The van der Waals surface area contributed by atoms with Crippen molar-refractivity contribution in [3.63, 3.8) is 0 Å². The molecule has 0 aromatic heterocycles. The standard InChI is InChI=1S/C17H21NO4/c1-9-5-10(2)7-11(6-9)8-22-15(19)13-12-3-4-17(18,14(12)13)16(20)21/h5-7,12-14H,3-4,8,18H2,1-2H3,(H,20,21)/t12-,13+,14-,17-/m0/s1. The summed E-state index contributed by atoms with van der Waals surface area (Å²) in [4.78, 5) is 23.5. The van der Waals surface area contributed by atoms with Gasteiger partial charge in [-0.05, 0) is 38.2 Å². The first kappa shape index (κ1) is 15.0. The Morgan fingerprint density at radius 2 is 1.95 bits per heavy atom. The van der Waals surface area contributed by atoms with Crippen LogP contribution in [0.4, 0.5) is 0 Å². The number of carboxylic acids is 1. The van der Waals surface area contributed by atoms with Crippen LogP contribution in [0, 0.1) is 31.6 Å². The van der Waals surface area contributed by atoms with Crippen LogP contribution in [0.1, 0.15) is 29.5 Å². The van der Waals surface area contributed by atoms with Crippen molar-refractivity contribution in [2.75, 3.05) is 0 Å². The van der Waals surface area contributed by atoms with E-state index in [-0.39, 0.29) is 30.3 Å². The number of fused-ring (bicyclic) bond motifs is 1. The zero-order valence-corrected chi connectivity index (χ0v) is 12.8. The van der Waals surface area contributed by atoms with Gasteiger partial charge in [0.05, 0.1) is 5.92 Å². The topological polar surface area (TPSA) is 89.6 Å². The maximum absolute atomic E-state index is 12.2. The summed E-state index contributed by atoms with van der Waals surface area (Å²) in [5, 5.41) is 9.26. The Morgan fingerprint density at radius 3 is 2.55 bits per heavy atom. The van der Waals surface area contributed by atoms with Crippen LogP contribution < -0.4 is 5.73 Å². The molecule has 2 fully saturated rings. The quantitative estimate of drug-likeness (QED) is 0.828. The lowest BCUT2D eigenvalue weighted by atomic mass is 9.92. The Bertz CT molecular complexity index is 621. The molecule has 0 bridgehead atoms. The van der Waals surface area contributed by atoms with Gasteiger partial charge in [-0.2, -0.15) is 0 Å². The summed E-state index contributed by atoms with van der Waals surface area (Å²) in [6.07, 6.45) is 1.13. The van der Waals surface area contributed by atoms with E-state index in [4.69, 9.17) is 10.5 Å². The number of rotatable bonds is 4. The molecule has 0 amide bonds. The van der Waals surface area contributed by atoms with Gasteiger partial charge in [0.25, 0.3) is 0 Å². The molecule has 0 radical (unpaired) electrons. The summed E-state index contributed by atoms with van der Waals surface area (Å²) in [7, 11) is 0. The summed E-state index contributed by atoms with van der Waals surface area (Å²) in [6.45, 7) is 4.22. The van der Waals surface area contributed by atoms with E-state index >= 15 is 0 Å². The van der Waals surface area contributed by atoms with Crippen LogP contribution in [-0.4, -0.2) is 22.6 Å². The molecule has 0 spiro atoms. The average molecular weight is 303 g/mol. The van der Waals surface area contributed by atoms with E-state index in [9.17, 15) is 14.7 Å². The molecule has 5 nitrogen and oxygen atoms in total. The van der Waals surface area contributed by atoms with Gasteiger partial charge in [-0.15, -0.1) is 0 Å². The lowest BCUT2D eigenvalue weighted by Gasteiger charge is -2.21. The number of nitrogens with two attached hydrogens (primary N) is 1. The number of aliphatic carboxylic acids is 1. The van der Waals surface area contributed by atoms with Gasteiger partial charge in [-0.1, -0.05) is 29.3 Å². The molecule has 118 valence electrons. The highest BCUT2D eigenvalue weighted by molar-refractivity contribution is 5.85. The van der Waals surface area contributed by atoms with Crippen LogP contribution in [-0.2, 0) is 20.9 Å². The van der Waals surface area contributed by atoms with Crippen LogP contribution in [0.25, 0.3) is 0 Å². The molecule has 0 saturated heterocycles. The molecule has 22 heavy (non-hydrogen) atoms. The predicted octanol–water partition coefficient (Wildman–Crippen LogP) is 1.78. The highest BCUT2D eigenvalue weighted by Crippen LogP contribution is 2.61. The van der Waals surface area contributed by atoms with Crippen LogP contribution in [0.2, 0.25) is 0 Å². The number of ether oxygens (including phenoxy) is 1. The predicted molar refractivity (Wildman–Crippen MR) is 80.0 cm³/mol. The number of aryl methyl sites for hydroxylation is 2. The molecule has 4 atom stereocenters. The Morgan fingerprint density at radius 1 is 1.32 bits per heavy atom. The minimum Gasteiger partial charge on any atom is -0.480 e. The molecule has 0 aliphatic heterocycles. The van der Waals surface area contributed by atoms with Crippen LogP contribution in [0.3, 0.4) is 0 Å². The van der Waals surface area contributed by atoms with Gasteiger partial charge >= 0.3 is 11.9 Å². The van der Waals surface area contributed by atoms with E-state index in [1.165, 1.54) is 0 Å². The number of carboxylic acid groups (broad SMARTS) is 1. The third-order valence-corrected chi connectivity index (χ3v) is 4.99. The van der Waals surface area contributed by atoms with Gasteiger partial charge in [-0.3, -0.25) is 9.59 Å². The van der Waals surface area contributed by atoms with Crippen molar-refractivity contribution in [2.45, 2.75) is 38.8 Å². The molecule has 1 aromatic rings. The lowest BCUT2D eigenvalue weighted by molar-refractivity contribution is -0.149. The number of benzene rings is 1. The Balaban J connectivity index is 1.62. The SMILES string of the molecule is Cc1cc(C)cc(COC(=O)[C@@H]2[C@@H]3CC[C@@](N)(C(=O)O)[C@@H]32)c1. The van der Waals surface area contributed by atoms with E-state index in [2.05, 4.69) is 6.07 Å². The van der Waals surface area contributed by atoms with Gasteiger partial charge < -0.3 is 15.6 Å². The van der Waals surface area contributed by atoms with Crippen molar-refractivity contribution in [1.82, 2.24) is 0 Å². The molecule has 3 rings (SSSR count). The van der Waals surface area contributed by atoms with E-state index in [0.717, 1.165) is 16.7 Å². The average Bonchev–Trinajstić information content (AvgIpc) is 3.06. The molecular weight excluding hydrogens is 282 g/mol. The van der Waals surface area contributed by atoms with Crippen molar-refractivity contribution in [3.8, 4) is 0 Å². The Labute approximate surface area is 129 Å². The maximum atomic E-state index is 12.2. The van der Waals surface area contributed by atoms with Crippen molar-refractivity contribution < 1.29 is 19.4 Å². The summed E-state index contributed by atoms with van der Waals surface area (Å²) in [5.74, 6) is -1.86. The fraction of sp³-hybridized carbons (Fsp3) is 0.529. The molecule has 5 heteroatoms. The zero-order chi connectivity index (χ0) is 16.1. The second-order valence-corrected chi connectivity index (χ2v) is 6.70. The minimum absolute atomic E-state index is 0.0767. The van der Waals surface area contributed by atoms with E-state index in [0.29, 0.717) is 12.8 Å². The highest BCUT2D eigenvalue weighted by Gasteiger charge is 2.70. The van der Waals surface area contributed by atoms with Crippen LogP contribution in [0.5, 0.6) is 0 Å². The number of carbonyl (C=O) groups excluding carboxylic acids is 1. The number of carbonyl (C=O) groups is 2. The van der Waals surface area contributed by atoms with Gasteiger partial charge in [0.2, 0.25) is 0 Å². The van der Waals surface area contributed by atoms with Gasteiger partial charge in [0.15, 0.2) is 0 Å². The Hall–Kier alpha value is -1.88. The summed E-state index contributed by atoms with van der Waals surface area (Å²) in [5.41, 5.74) is 7.90. The second-order valence-electron chi connectivity index (χ2n) is 6.70. The van der Waals surface area contributed by atoms with E-state index < -0.39 is 11.5 Å². The van der Waals surface area contributed by atoms with Crippen molar-refractivity contribution in [2.24, 2.45) is 23.5 Å². The zero-order valence-electron chi connectivity index (χ0n) is 12.8. The molecule has 2 aliphatic rings. The van der Waals surface area contributed by atoms with E-state index in [1.807, 2.05) is 26.0 Å². The monoisotopic (exact) mass is 303 g/mol. The van der Waals surface area contributed by atoms with Crippen molar-refractivity contribution in [3.05, 3.63) is 34.9 Å². The summed E-state index contributed by atoms with van der Waals surface area (Å²) in [6, 6.07) is 6.03. The smallest absolute Gasteiger partial charge is 0.324 e. The fourth-order valence-corrected chi connectivity index (χ4v) is 3.98. The number of hydrogen-bond acceptors (Lipinski definition) is 4. The molecule has 2 aliphatic carbocycles. The second kappa shape index (κ2) is 5.09. The number of esters is 1. The molecular formula is C17H21NO4. The van der Waals surface area contributed by atoms with Gasteiger partial charge in [0.1, 0.15) is 12.1 Å². The molecule has 0 heterocycles. The first-order valence-electron chi connectivity index (χ1n) is 7.59. The third-order valence-electron chi connectivity index (χ3n) is 4.99. The lowest BCUT2D eigenvalue weighted by Crippen LogP contribution is -2.49. The largest absolute Gasteiger partial charge is 0.480 e. The van der Waals surface area contributed by atoms with Gasteiger partial charge in [0, 0.05) is 5.92 Å².